The van der Waals surface area contributed by atoms with Crippen LogP contribution in [-0.2, 0) is 9.59 Å². The Morgan fingerprint density at radius 3 is 2.45 bits per heavy atom. The summed E-state index contributed by atoms with van der Waals surface area (Å²) in [7, 11) is 1.78. The first kappa shape index (κ1) is 18.8. The molecule has 0 bridgehead atoms. The van der Waals surface area contributed by atoms with E-state index >= 15 is 0 Å². The predicted octanol–water partition coefficient (Wildman–Crippen LogP) is 3.99. The molecule has 0 spiro atoms. The Morgan fingerprint density at radius 1 is 1.18 bits per heavy atom. The standard InChI is InChI=1S/C16H22Cl2N2O2/c1-4-5-10-19(3)15(22)9-11-20(12(2)21)14-8-6-7-13(17)16(14)18/h6-8H,4-5,9-11H2,1-3H3. The monoisotopic (exact) mass is 344 g/mol. The molecule has 122 valence electrons. The smallest absolute Gasteiger partial charge is 0.224 e. The number of unbranched alkanes of at least 4 members (excludes halogenated alkanes) is 1. The van der Waals surface area contributed by atoms with E-state index in [0.717, 1.165) is 19.4 Å². The molecule has 4 nitrogen and oxygen atoms in total. The van der Waals surface area contributed by atoms with Gasteiger partial charge in [-0.05, 0) is 18.6 Å². The van der Waals surface area contributed by atoms with Gasteiger partial charge < -0.3 is 9.80 Å². The summed E-state index contributed by atoms with van der Waals surface area (Å²) in [5.41, 5.74) is 0.533. The van der Waals surface area contributed by atoms with Crippen molar-refractivity contribution >= 4 is 40.7 Å². The van der Waals surface area contributed by atoms with Crippen molar-refractivity contribution in [3.63, 3.8) is 0 Å². The maximum absolute atomic E-state index is 12.1. The molecule has 0 aliphatic rings. The summed E-state index contributed by atoms with van der Waals surface area (Å²) in [4.78, 5) is 27.1. The normalized spacial score (nSPS) is 10.4. The lowest BCUT2D eigenvalue weighted by atomic mass is 10.2. The topological polar surface area (TPSA) is 40.6 Å². The van der Waals surface area contributed by atoms with E-state index in [4.69, 9.17) is 23.2 Å². The summed E-state index contributed by atoms with van der Waals surface area (Å²) < 4.78 is 0. The number of anilines is 1. The molecular formula is C16H22Cl2N2O2. The first-order valence-electron chi connectivity index (χ1n) is 7.34. The zero-order chi connectivity index (χ0) is 16.7. The molecule has 22 heavy (non-hydrogen) atoms. The maximum atomic E-state index is 12.1. The molecule has 2 amide bonds. The molecule has 0 heterocycles. The van der Waals surface area contributed by atoms with Crippen LogP contribution in [0, 0.1) is 0 Å². The summed E-state index contributed by atoms with van der Waals surface area (Å²) in [6, 6.07) is 5.12. The van der Waals surface area contributed by atoms with Crippen LogP contribution in [0.15, 0.2) is 18.2 Å². The quantitative estimate of drug-likeness (QED) is 0.750. The minimum Gasteiger partial charge on any atom is -0.346 e. The van der Waals surface area contributed by atoms with Gasteiger partial charge in [0.05, 0.1) is 15.7 Å². The Bertz CT molecular complexity index is 535. The van der Waals surface area contributed by atoms with Crippen molar-refractivity contribution in [2.45, 2.75) is 33.1 Å². The number of hydrogen-bond donors (Lipinski definition) is 0. The van der Waals surface area contributed by atoms with Gasteiger partial charge in [0.25, 0.3) is 0 Å². The van der Waals surface area contributed by atoms with E-state index in [1.807, 2.05) is 0 Å². The molecule has 1 aromatic rings. The van der Waals surface area contributed by atoms with Crippen molar-refractivity contribution in [2.75, 3.05) is 25.0 Å². The molecule has 0 aliphatic carbocycles. The predicted molar refractivity (Wildman–Crippen MR) is 91.7 cm³/mol. The highest BCUT2D eigenvalue weighted by Crippen LogP contribution is 2.32. The van der Waals surface area contributed by atoms with E-state index in [0.29, 0.717) is 15.7 Å². The molecule has 0 aliphatic heterocycles. The molecule has 0 N–H and O–H groups in total. The van der Waals surface area contributed by atoms with Crippen LogP contribution < -0.4 is 4.90 Å². The van der Waals surface area contributed by atoms with Crippen LogP contribution in [0.2, 0.25) is 10.0 Å². The van der Waals surface area contributed by atoms with Gasteiger partial charge >= 0.3 is 0 Å². The van der Waals surface area contributed by atoms with E-state index in [1.54, 1.807) is 30.1 Å². The first-order valence-corrected chi connectivity index (χ1v) is 8.10. The summed E-state index contributed by atoms with van der Waals surface area (Å²) in [6.45, 7) is 4.54. The fraction of sp³-hybridized carbons (Fsp3) is 0.500. The molecule has 0 saturated heterocycles. The van der Waals surface area contributed by atoms with Gasteiger partial charge in [-0.3, -0.25) is 9.59 Å². The molecule has 1 aromatic carbocycles. The van der Waals surface area contributed by atoms with Crippen molar-refractivity contribution < 1.29 is 9.59 Å². The molecule has 1 rings (SSSR count). The Hall–Kier alpha value is -1.26. The van der Waals surface area contributed by atoms with Gasteiger partial charge in [-0.1, -0.05) is 42.6 Å². The molecule has 0 aromatic heterocycles. The van der Waals surface area contributed by atoms with Crippen LogP contribution in [0.1, 0.15) is 33.1 Å². The lowest BCUT2D eigenvalue weighted by molar-refractivity contribution is -0.129. The van der Waals surface area contributed by atoms with Gasteiger partial charge in [-0.15, -0.1) is 0 Å². The van der Waals surface area contributed by atoms with Crippen molar-refractivity contribution in [1.29, 1.82) is 0 Å². The lowest BCUT2D eigenvalue weighted by Gasteiger charge is -2.24. The average Bonchev–Trinajstić information content (AvgIpc) is 2.48. The van der Waals surface area contributed by atoms with Crippen LogP contribution >= 0.6 is 23.2 Å². The van der Waals surface area contributed by atoms with Gasteiger partial charge in [-0.25, -0.2) is 0 Å². The SMILES string of the molecule is CCCCN(C)C(=O)CCN(C(C)=O)c1cccc(Cl)c1Cl. The zero-order valence-corrected chi connectivity index (χ0v) is 14.7. The third-order valence-corrected chi connectivity index (χ3v) is 4.23. The van der Waals surface area contributed by atoms with Crippen LogP contribution in [0.3, 0.4) is 0 Å². The Kier molecular flexibility index (Phi) is 7.69. The highest BCUT2D eigenvalue weighted by molar-refractivity contribution is 6.44. The first-order chi connectivity index (χ1) is 10.4. The summed E-state index contributed by atoms with van der Waals surface area (Å²) in [5, 5.41) is 0.711. The van der Waals surface area contributed by atoms with Crippen LogP contribution in [0.25, 0.3) is 0 Å². The Labute approximate surface area is 142 Å². The second kappa shape index (κ2) is 9.01. The van der Waals surface area contributed by atoms with Crippen molar-refractivity contribution in [2.24, 2.45) is 0 Å². The van der Waals surface area contributed by atoms with Crippen molar-refractivity contribution in [1.82, 2.24) is 4.90 Å². The van der Waals surface area contributed by atoms with Gasteiger partial charge in [0.2, 0.25) is 11.8 Å². The molecule has 6 heteroatoms. The van der Waals surface area contributed by atoms with E-state index in [1.165, 1.54) is 11.8 Å². The van der Waals surface area contributed by atoms with Gasteiger partial charge in [0, 0.05) is 33.5 Å². The average molecular weight is 345 g/mol. The van der Waals surface area contributed by atoms with Crippen LogP contribution in [0.5, 0.6) is 0 Å². The third kappa shape index (κ3) is 5.18. The fourth-order valence-electron chi connectivity index (χ4n) is 2.07. The minimum atomic E-state index is -0.173. The zero-order valence-electron chi connectivity index (χ0n) is 13.2. The van der Waals surface area contributed by atoms with Crippen molar-refractivity contribution in [3.05, 3.63) is 28.2 Å². The molecule has 0 atom stereocenters. The van der Waals surface area contributed by atoms with E-state index in [-0.39, 0.29) is 24.8 Å². The Balaban J connectivity index is 2.76. The highest BCUT2D eigenvalue weighted by Gasteiger charge is 2.18. The molecule has 0 saturated carbocycles. The number of carbonyl (C=O) groups excluding carboxylic acids is 2. The number of halogens is 2. The largest absolute Gasteiger partial charge is 0.346 e. The number of carbonyl (C=O) groups is 2. The second-order valence-corrected chi connectivity index (χ2v) is 5.95. The van der Waals surface area contributed by atoms with Gasteiger partial charge in [0.1, 0.15) is 0 Å². The number of rotatable bonds is 7. The highest BCUT2D eigenvalue weighted by atomic mass is 35.5. The molecule has 0 radical (unpaired) electrons. The number of nitrogens with zero attached hydrogens (tertiary/aromatic N) is 2. The number of amides is 2. The number of benzene rings is 1. The summed E-state index contributed by atoms with van der Waals surface area (Å²) in [6.07, 6.45) is 2.26. The van der Waals surface area contributed by atoms with Crippen LogP contribution in [0.4, 0.5) is 5.69 Å². The lowest BCUT2D eigenvalue weighted by Crippen LogP contribution is -2.35. The van der Waals surface area contributed by atoms with Gasteiger partial charge in [0.15, 0.2) is 0 Å². The maximum Gasteiger partial charge on any atom is 0.224 e. The number of hydrogen-bond acceptors (Lipinski definition) is 2. The fourth-order valence-corrected chi connectivity index (χ4v) is 2.46. The molecule has 0 fully saturated rings. The molecular weight excluding hydrogens is 323 g/mol. The van der Waals surface area contributed by atoms with Gasteiger partial charge in [-0.2, -0.15) is 0 Å². The minimum absolute atomic E-state index is 0.0119. The second-order valence-electron chi connectivity index (χ2n) is 5.16. The molecule has 0 unspecified atom stereocenters. The summed E-state index contributed by atoms with van der Waals surface area (Å²) in [5.74, 6) is -0.161. The third-order valence-electron chi connectivity index (χ3n) is 3.42. The van der Waals surface area contributed by atoms with E-state index < -0.39 is 0 Å². The van der Waals surface area contributed by atoms with Crippen molar-refractivity contribution in [3.8, 4) is 0 Å². The summed E-state index contributed by atoms with van der Waals surface area (Å²) >= 11 is 12.1. The van der Waals surface area contributed by atoms with E-state index in [9.17, 15) is 9.59 Å². The Morgan fingerprint density at radius 2 is 1.86 bits per heavy atom. The van der Waals surface area contributed by atoms with Crippen LogP contribution in [-0.4, -0.2) is 36.9 Å². The van der Waals surface area contributed by atoms with E-state index in [2.05, 4.69) is 6.92 Å².